The summed E-state index contributed by atoms with van der Waals surface area (Å²) in [6.45, 7) is 1.66. The van der Waals surface area contributed by atoms with Gasteiger partial charge in [-0.1, -0.05) is 0 Å². The molecular weight excluding hydrogens is 168 g/mol. The highest BCUT2D eigenvalue weighted by atomic mass is 16.2. The van der Waals surface area contributed by atoms with Gasteiger partial charge in [0.15, 0.2) is 0 Å². The molecule has 4 nitrogen and oxygen atoms in total. The Balaban J connectivity index is 3.20. The van der Waals surface area contributed by atoms with E-state index >= 15 is 0 Å². The maximum atomic E-state index is 11.1. The summed E-state index contributed by atoms with van der Waals surface area (Å²) in [5, 5.41) is 11.3. The van der Waals surface area contributed by atoms with E-state index in [1.165, 1.54) is 0 Å². The molecule has 0 bridgehead atoms. The molecule has 0 aromatic carbocycles. The fourth-order valence-electron chi connectivity index (χ4n) is 0.878. The van der Waals surface area contributed by atoms with Crippen molar-refractivity contribution >= 4 is 5.91 Å². The predicted octanol–water partition coefficient (Wildman–Crippen LogP) is -0.173. The lowest BCUT2D eigenvalue weighted by atomic mass is 10.3. The fraction of sp³-hybridized carbons (Fsp3) is 0.889. The van der Waals surface area contributed by atoms with Crippen molar-refractivity contribution in [1.29, 1.82) is 0 Å². The third-order valence-corrected chi connectivity index (χ3v) is 1.69. The molecular formula is C9H20N2O2. The second-order valence-corrected chi connectivity index (χ2v) is 3.33. The molecule has 4 heteroatoms. The molecule has 78 valence electrons. The van der Waals surface area contributed by atoms with E-state index < -0.39 is 0 Å². The first kappa shape index (κ1) is 12.4. The highest BCUT2D eigenvalue weighted by molar-refractivity contribution is 5.75. The molecule has 0 aliphatic rings. The quantitative estimate of drug-likeness (QED) is 0.545. The van der Waals surface area contributed by atoms with E-state index in [9.17, 15) is 4.79 Å². The molecule has 0 atom stereocenters. The molecule has 2 N–H and O–H groups in total. The molecule has 0 saturated heterocycles. The average Bonchev–Trinajstić information content (AvgIpc) is 2.09. The summed E-state index contributed by atoms with van der Waals surface area (Å²) in [6.07, 6.45) is 2.16. The van der Waals surface area contributed by atoms with Gasteiger partial charge in [0.25, 0.3) is 0 Å². The van der Waals surface area contributed by atoms with Gasteiger partial charge >= 0.3 is 0 Å². The topological polar surface area (TPSA) is 52.6 Å². The van der Waals surface area contributed by atoms with Crippen LogP contribution in [0.25, 0.3) is 0 Å². The lowest BCUT2D eigenvalue weighted by Crippen LogP contribution is -2.28. The van der Waals surface area contributed by atoms with Gasteiger partial charge in [-0.15, -0.1) is 0 Å². The van der Waals surface area contributed by atoms with Gasteiger partial charge in [-0.05, 0) is 26.9 Å². The molecule has 0 fully saturated rings. The van der Waals surface area contributed by atoms with Gasteiger partial charge in [0.2, 0.25) is 5.91 Å². The monoisotopic (exact) mass is 188 g/mol. The Morgan fingerprint density at radius 1 is 1.38 bits per heavy atom. The van der Waals surface area contributed by atoms with Crippen LogP contribution in [0, 0.1) is 0 Å². The Kier molecular flexibility index (Phi) is 7.63. The van der Waals surface area contributed by atoms with Crippen molar-refractivity contribution < 1.29 is 9.90 Å². The first-order valence-corrected chi connectivity index (χ1v) is 4.69. The first-order chi connectivity index (χ1) is 6.16. The highest BCUT2D eigenvalue weighted by Gasteiger charge is 2.00. The van der Waals surface area contributed by atoms with Gasteiger partial charge in [0, 0.05) is 26.1 Å². The Hall–Kier alpha value is -0.610. The summed E-state index contributed by atoms with van der Waals surface area (Å²) < 4.78 is 0. The van der Waals surface area contributed by atoms with Crippen LogP contribution in [0.1, 0.15) is 19.3 Å². The Morgan fingerprint density at radius 3 is 2.62 bits per heavy atom. The summed E-state index contributed by atoms with van der Waals surface area (Å²) in [5.41, 5.74) is 0. The predicted molar refractivity (Wildman–Crippen MR) is 52.5 cm³/mol. The Morgan fingerprint density at radius 2 is 2.08 bits per heavy atom. The third kappa shape index (κ3) is 9.30. The molecule has 13 heavy (non-hydrogen) atoms. The minimum absolute atomic E-state index is 0.0895. The first-order valence-electron chi connectivity index (χ1n) is 4.69. The number of carbonyl (C=O) groups excluding carboxylic acids is 1. The number of aliphatic hydroxyl groups excluding tert-OH is 1. The van der Waals surface area contributed by atoms with Crippen LogP contribution >= 0.6 is 0 Å². The number of nitrogens with one attached hydrogen (secondary N) is 1. The summed E-state index contributed by atoms with van der Waals surface area (Å²) in [6, 6.07) is 0. The number of carbonyl (C=O) groups is 1. The molecule has 0 rings (SSSR count). The number of rotatable bonds is 7. The van der Waals surface area contributed by atoms with Crippen molar-refractivity contribution in [1.82, 2.24) is 10.2 Å². The van der Waals surface area contributed by atoms with Crippen LogP contribution in [0.5, 0.6) is 0 Å². The lowest BCUT2D eigenvalue weighted by Gasteiger charge is -2.09. The van der Waals surface area contributed by atoms with Crippen LogP contribution in [-0.4, -0.2) is 49.7 Å². The molecule has 0 aliphatic heterocycles. The van der Waals surface area contributed by atoms with Crippen LogP contribution in [0.15, 0.2) is 0 Å². The summed E-state index contributed by atoms with van der Waals surface area (Å²) in [5.74, 6) is 0.0895. The number of nitrogens with zero attached hydrogens (tertiary/aromatic N) is 1. The number of hydrogen-bond donors (Lipinski definition) is 2. The van der Waals surface area contributed by atoms with E-state index in [1.54, 1.807) is 0 Å². The minimum Gasteiger partial charge on any atom is -0.396 e. The maximum absolute atomic E-state index is 11.1. The molecule has 0 heterocycles. The summed E-state index contributed by atoms with van der Waals surface area (Å²) >= 11 is 0. The van der Waals surface area contributed by atoms with Gasteiger partial charge in [0.1, 0.15) is 0 Å². The minimum atomic E-state index is 0.0895. The number of amides is 1. The fourth-order valence-corrected chi connectivity index (χ4v) is 0.878. The summed E-state index contributed by atoms with van der Waals surface area (Å²) in [7, 11) is 3.89. The van der Waals surface area contributed by atoms with E-state index in [0.29, 0.717) is 13.0 Å². The van der Waals surface area contributed by atoms with Crippen molar-refractivity contribution in [3.63, 3.8) is 0 Å². The maximum Gasteiger partial charge on any atom is 0.221 e. The van der Waals surface area contributed by atoms with Crippen LogP contribution < -0.4 is 5.32 Å². The van der Waals surface area contributed by atoms with Gasteiger partial charge in [0.05, 0.1) is 0 Å². The van der Waals surface area contributed by atoms with Gasteiger partial charge < -0.3 is 15.3 Å². The van der Waals surface area contributed by atoms with Crippen LogP contribution in [-0.2, 0) is 4.79 Å². The SMILES string of the molecule is CN(C)CCC(=O)NCCCCO. The second kappa shape index (κ2) is 8.01. The van der Waals surface area contributed by atoms with Crippen LogP contribution in [0.2, 0.25) is 0 Å². The van der Waals surface area contributed by atoms with E-state index in [4.69, 9.17) is 5.11 Å². The van der Waals surface area contributed by atoms with Crippen molar-refractivity contribution in [3.8, 4) is 0 Å². The van der Waals surface area contributed by atoms with E-state index in [2.05, 4.69) is 5.32 Å². The molecule has 0 aromatic rings. The van der Waals surface area contributed by atoms with Crippen LogP contribution in [0.3, 0.4) is 0 Å². The third-order valence-electron chi connectivity index (χ3n) is 1.69. The van der Waals surface area contributed by atoms with Crippen molar-refractivity contribution in [2.24, 2.45) is 0 Å². The zero-order chi connectivity index (χ0) is 10.1. The van der Waals surface area contributed by atoms with E-state index in [0.717, 1.165) is 19.4 Å². The molecule has 0 aliphatic carbocycles. The normalized spacial score (nSPS) is 10.5. The van der Waals surface area contributed by atoms with Crippen LogP contribution in [0.4, 0.5) is 0 Å². The zero-order valence-corrected chi connectivity index (χ0v) is 8.55. The smallest absolute Gasteiger partial charge is 0.221 e. The number of hydrogen-bond acceptors (Lipinski definition) is 3. The lowest BCUT2D eigenvalue weighted by molar-refractivity contribution is -0.121. The van der Waals surface area contributed by atoms with E-state index in [1.807, 2.05) is 19.0 Å². The summed E-state index contributed by atoms with van der Waals surface area (Å²) in [4.78, 5) is 13.1. The molecule has 1 amide bonds. The Labute approximate surface area is 79.9 Å². The molecule has 0 aromatic heterocycles. The average molecular weight is 188 g/mol. The molecule has 0 unspecified atom stereocenters. The van der Waals surface area contributed by atoms with Crippen molar-refractivity contribution in [3.05, 3.63) is 0 Å². The van der Waals surface area contributed by atoms with Gasteiger partial charge in [-0.2, -0.15) is 0 Å². The Bertz CT molecular complexity index is 138. The molecule has 0 saturated carbocycles. The number of aliphatic hydroxyl groups is 1. The number of unbranched alkanes of at least 4 members (excludes halogenated alkanes) is 1. The zero-order valence-electron chi connectivity index (χ0n) is 8.55. The standard InChI is InChI=1S/C9H20N2O2/c1-11(2)7-5-9(13)10-6-3-4-8-12/h12H,3-8H2,1-2H3,(H,10,13). The van der Waals surface area contributed by atoms with Crippen molar-refractivity contribution in [2.75, 3.05) is 33.8 Å². The molecule has 0 radical (unpaired) electrons. The second-order valence-electron chi connectivity index (χ2n) is 3.33. The van der Waals surface area contributed by atoms with Gasteiger partial charge in [-0.3, -0.25) is 4.79 Å². The van der Waals surface area contributed by atoms with Gasteiger partial charge in [-0.25, -0.2) is 0 Å². The van der Waals surface area contributed by atoms with Crippen molar-refractivity contribution in [2.45, 2.75) is 19.3 Å². The largest absolute Gasteiger partial charge is 0.396 e. The molecule has 0 spiro atoms. The highest BCUT2D eigenvalue weighted by Crippen LogP contribution is 1.86. The van der Waals surface area contributed by atoms with E-state index in [-0.39, 0.29) is 12.5 Å².